The third-order valence-electron chi connectivity index (χ3n) is 3.44. The first-order chi connectivity index (χ1) is 10.6. The van der Waals surface area contributed by atoms with Gasteiger partial charge in [0.15, 0.2) is 0 Å². The summed E-state index contributed by atoms with van der Waals surface area (Å²) in [5.74, 6) is 0.0242. The largest absolute Gasteiger partial charge is 0.393 e. The Balaban J connectivity index is 2.16. The average Bonchev–Trinajstić information content (AvgIpc) is 2.52. The quantitative estimate of drug-likeness (QED) is 0.833. The van der Waals surface area contributed by atoms with Crippen LogP contribution in [0.5, 0.6) is 0 Å². The molecule has 0 spiro atoms. The van der Waals surface area contributed by atoms with Gasteiger partial charge < -0.3 is 10.6 Å². The van der Waals surface area contributed by atoms with Crippen molar-refractivity contribution in [2.75, 3.05) is 6.54 Å². The van der Waals surface area contributed by atoms with Crippen molar-refractivity contribution >= 4 is 23.1 Å². The van der Waals surface area contributed by atoms with E-state index in [1.54, 1.807) is 0 Å². The van der Waals surface area contributed by atoms with Crippen LogP contribution in [0.25, 0.3) is 0 Å². The third-order valence-corrected chi connectivity index (χ3v) is 3.58. The third kappa shape index (κ3) is 4.40. The van der Waals surface area contributed by atoms with Crippen molar-refractivity contribution in [2.45, 2.75) is 19.9 Å². The van der Waals surface area contributed by atoms with Gasteiger partial charge in [0.25, 0.3) is 5.91 Å². The van der Waals surface area contributed by atoms with Crippen LogP contribution in [0.1, 0.15) is 28.4 Å². The summed E-state index contributed by atoms with van der Waals surface area (Å²) in [7, 11) is 0. The van der Waals surface area contributed by atoms with E-state index in [9.17, 15) is 4.79 Å². The van der Waals surface area contributed by atoms with E-state index in [2.05, 4.69) is 0 Å². The number of benzene rings is 2. The van der Waals surface area contributed by atoms with Crippen molar-refractivity contribution in [1.29, 1.82) is 0 Å². The summed E-state index contributed by atoms with van der Waals surface area (Å²) < 4.78 is 0. The molecule has 2 aromatic rings. The van der Waals surface area contributed by atoms with Gasteiger partial charge in [-0.15, -0.1) is 0 Å². The highest BCUT2D eigenvalue weighted by Crippen LogP contribution is 2.12. The topological polar surface area (TPSA) is 46.3 Å². The first-order valence-electron chi connectivity index (χ1n) is 7.30. The van der Waals surface area contributed by atoms with Crippen molar-refractivity contribution in [1.82, 2.24) is 4.90 Å². The average molecular weight is 312 g/mol. The van der Waals surface area contributed by atoms with E-state index < -0.39 is 0 Å². The molecule has 2 N–H and O–H groups in total. The fourth-order valence-electron chi connectivity index (χ4n) is 2.33. The number of hydrogen-bond acceptors (Lipinski definition) is 2. The number of thiocarbonyl (C=S) groups is 1. The summed E-state index contributed by atoms with van der Waals surface area (Å²) in [6.07, 6.45) is 0.515. The number of carbonyl (C=O) groups excluding carboxylic acids is 1. The molecular weight excluding hydrogens is 292 g/mol. The van der Waals surface area contributed by atoms with Crippen molar-refractivity contribution in [3.05, 3.63) is 71.3 Å². The minimum atomic E-state index is 0.0242. The van der Waals surface area contributed by atoms with Crippen LogP contribution in [0.4, 0.5) is 0 Å². The lowest BCUT2D eigenvalue weighted by Gasteiger charge is -2.21. The fourth-order valence-corrected chi connectivity index (χ4v) is 2.50. The molecule has 22 heavy (non-hydrogen) atoms. The van der Waals surface area contributed by atoms with Crippen LogP contribution in [0.3, 0.4) is 0 Å². The second kappa shape index (κ2) is 7.71. The Kier molecular flexibility index (Phi) is 5.67. The summed E-state index contributed by atoms with van der Waals surface area (Å²) in [6.45, 7) is 3.25. The molecule has 0 aliphatic heterocycles. The summed E-state index contributed by atoms with van der Waals surface area (Å²) in [5, 5.41) is 0. The molecule has 0 aromatic heterocycles. The maximum atomic E-state index is 12.7. The molecule has 2 aromatic carbocycles. The van der Waals surface area contributed by atoms with Crippen molar-refractivity contribution in [3.63, 3.8) is 0 Å². The number of amides is 1. The monoisotopic (exact) mass is 312 g/mol. The first-order valence-corrected chi connectivity index (χ1v) is 7.71. The molecule has 0 aliphatic carbocycles. The highest BCUT2D eigenvalue weighted by Gasteiger charge is 2.14. The molecular formula is C18H20N2OS. The zero-order valence-electron chi connectivity index (χ0n) is 12.7. The van der Waals surface area contributed by atoms with E-state index in [-0.39, 0.29) is 5.91 Å². The van der Waals surface area contributed by atoms with Gasteiger partial charge in [-0.2, -0.15) is 0 Å². The number of nitrogens with zero attached hydrogens (tertiary/aromatic N) is 1. The van der Waals surface area contributed by atoms with Crippen LogP contribution in [0.2, 0.25) is 0 Å². The van der Waals surface area contributed by atoms with Crippen LogP contribution in [-0.2, 0) is 13.0 Å². The molecule has 3 nitrogen and oxygen atoms in total. The minimum Gasteiger partial charge on any atom is -0.393 e. The highest BCUT2D eigenvalue weighted by molar-refractivity contribution is 7.80. The van der Waals surface area contributed by atoms with Crippen molar-refractivity contribution < 1.29 is 4.79 Å². The van der Waals surface area contributed by atoms with E-state index in [0.29, 0.717) is 30.1 Å². The Labute approximate surface area is 136 Å². The van der Waals surface area contributed by atoms with E-state index in [1.807, 2.05) is 66.4 Å². The van der Waals surface area contributed by atoms with Crippen LogP contribution >= 0.6 is 12.2 Å². The van der Waals surface area contributed by atoms with Crippen LogP contribution < -0.4 is 5.73 Å². The van der Waals surface area contributed by atoms with Crippen LogP contribution in [-0.4, -0.2) is 22.3 Å². The molecule has 0 unspecified atom stereocenters. The van der Waals surface area contributed by atoms with Gasteiger partial charge in [-0.3, -0.25) is 4.79 Å². The van der Waals surface area contributed by atoms with Gasteiger partial charge in [0.2, 0.25) is 0 Å². The Bertz CT molecular complexity index is 655. The predicted octanol–water partition coefficient (Wildman–Crippen LogP) is 3.18. The molecule has 4 heteroatoms. The second-order valence-electron chi connectivity index (χ2n) is 5.15. The Morgan fingerprint density at radius 2 is 1.77 bits per heavy atom. The standard InChI is InChI=1S/C18H20N2OS/c1-2-20(13-14-7-4-3-5-8-14)18(21)16-10-6-9-15(11-16)12-17(19)22/h3-11H,2,12-13H2,1H3,(H2,19,22). The molecule has 0 atom stereocenters. The Morgan fingerprint density at radius 3 is 2.41 bits per heavy atom. The van der Waals surface area contributed by atoms with Gasteiger partial charge in [-0.05, 0) is 30.2 Å². The van der Waals surface area contributed by atoms with Gasteiger partial charge in [0, 0.05) is 25.1 Å². The van der Waals surface area contributed by atoms with Crippen molar-refractivity contribution in [3.8, 4) is 0 Å². The Morgan fingerprint density at radius 1 is 1.09 bits per heavy atom. The SMILES string of the molecule is CCN(Cc1ccccc1)C(=O)c1cccc(CC(N)=S)c1. The summed E-state index contributed by atoms with van der Waals surface area (Å²) in [5.41, 5.74) is 8.34. The number of hydrogen-bond donors (Lipinski definition) is 1. The fraction of sp³-hybridized carbons (Fsp3) is 0.222. The van der Waals surface area contributed by atoms with Gasteiger partial charge in [-0.1, -0.05) is 54.7 Å². The zero-order chi connectivity index (χ0) is 15.9. The maximum absolute atomic E-state index is 12.7. The molecule has 1 amide bonds. The lowest BCUT2D eigenvalue weighted by Crippen LogP contribution is -2.30. The summed E-state index contributed by atoms with van der Waals surface area (Å²) in [4.78, 5) is 14.9. The molecule has 0 radical (unpaired) electrons. The van der Waals surface area contributed by atoms with Gasteiger partial charge >= 0.3 is 0 Å². The summed E-state index contributed by atoms with van der Waals surface area (Å²) in [6, 6.07) is 17.5. The molecule has 0 saturated heterocycles. The lowest BCUT2D eigenvalue weighted by atomic mass is 10.1. The number of carbonyl (C=O) groups is 1. The molecule has 0 bridgehead atoms. The van der Waals surface area contributed by atoms with E-state index in [0.717, 1.165) is 11.1 Å². The van der Waals surface area contributed by atoms with Gasteiger partial charge in [0.1, 0.15) is 0 Å². The first kappa shape index (κ1) is 16.2. The smallest absolute Gasteiger partial charge is 0.254 e. The van der Waals surface area contributed by atoms with Gasteiger partial charge in [-0.25, -0.2) is 0 Å². The number of nitrogens with two attached hydrogens (primary N) is 1. The predicted molar refractivity (Wildman–Crippen MR) is 93.8 cm³/mol. The van der Waals surface area contributed by atoms with Crippen LogP contribution in [0, 0.1) is 0 Å². The highest BCUT2D eigenvalue weighted by atomic mass is 32.1. The lowest BCUT2D eigenvalue weighted by molar-refractivity contribution is 0.0752. The normalized spacial score (nSPS) is 10.2. The van der Waals surface area contributed by atoms with Gasteiger partial charge in [0.05, 0.1) is 4.99 Å². The van der Waals surface area contributed by atoms with E-state index >= 15 is 0 Å². The molecule has 114 valence electrons. The number of rotatable bonds is 6. The Hall–Kier alpha value is -2.20. The van der Waals surface area contributed by atoms with Crippen LogP contribution in [0.15, 0.2) is 54.6 Å². The second-order valence-corrected chi connectivity index (χ2v) is 5.67. The molecule has 0 aliphatic rings. The minimum absolute atomic E-state index is 0.0242. The molecule has 0 fully saturated rings. The zero-order valence-corrected chi connectivity index (χ0v) is 13.5. The van der Waals surface area contributed by atoms with E-state index in [1.165, 1.54) is 0 Å². The molecule has 0 heterocycles. The molecule has 0 saturated carbocycles. The molecule has 2 rings (SSSR count). The van der Waals surface area contributed by atoms with Crippen molar-refractivity contribution in [2.24, 2.45) is 5.73 Å². The summed E-state index contributed by atoms with van der Waals surface area (Å²) >= 11 is 4.93. The van der Waals surface area contributed by atoms with E-state index in [4.69, 9.17) is 18.0 Å². The maximum Gasteiger partial charge on any atom is 0.254 e.